The molecule has 0 saturated heterocycles. The van der Waals surface area contributed by atoms with Gasteiger partial charge >= 0.3 is 5.97 Å². The average molecular weight is 247 g/mol. The molecule has 0 amide bonds. The second kappa shape index (κ2) is 5.37. The van der Waals surface area contributed by atoms with Gasteiger partial charge in [0.2, 0.25) is 0 Å². The van der Waals surface area contributed by atoms with Crippen molar-refractivity contribution in [2.24, 2.45) is 5.73 Å². The van der Waals surface area contributed by atoms with E-state index < -0.39 is 5.97 Å². The summed E-state index contributed by atoms with van der Waals surface area (Å²) in [5.74, 6) is 0.254. The third-order valence-corrected chi connectivity index (χ3v) is 2.41. The molecule has 0 atom stereocenters. The third-order valence-electron chi connectivity index (χ3n) is 2.41. The van der Waals surface area contributed by atoms with Crippen LogP contribution < -0.4 is 5.73 Å². The highest BCUT2D eigenvalue weighted by Crippen LogP contribution is 2.11. The summed E-state index contributed by atoms with van der Waals surface area (Å²) in [6.45, 7) is 0.455. The van der Waals surface area contributed by atoms with Gasteiger partial charge in [-0.3, -0.25) is 0 Å². The van der Waals surface area contributed by atoms with Crippen LogP contribution in [-0.2, 0) is 11.2 Å². The minimum absolute atomic E-state index is 0.398. The van der Waals surface area contributed by atoms with Crippen molar-refractivity contribution in [3.05, 3.63) is 35.7 Å². The van der Waals surface area contributed by atoms with E-state index in [1.807, 2.05) is 6.07 Å². The number of aromatic nitrogens is 4. The maximum Gasteiger partial charge on any atom is 0.337 e. The zero-order valence-corrected chi connectivity index (χ0v) is 9.91. The Bertz CT molecular complexity index is 552. The fraction of sp³-hybridized carbons (Fsp3) is 0.273. The molecule has 1 heterocycles. The molecule has 18 heavy (non-hydrogen) atoms. The van der Waals surface area contributed by atoms with Gasteiger partial charge in [0.1, 0.15) is 0 Å². The number of carbonyl (C=O) groups excluding carboxylic acids is 1. The highest BCUT2D eigenvalue weighted by Gasteiger charge is 2.10. The van der Waals surface area contributed by atoms with Gasteiger partial charge < -0.3 is 10.5 Å². The van der Waals surface area contributed by atoms with Crippen LogP contribution in [0.2, 0.25) is 0 Å². The summed E-state index contributed by atoms with van der Waals surface area (Å²) in [7, 11) is 1.34. The van der Waals surface area contributed by atoms with Crippen molar-refractivity contribution in [2.75, 3.05) is 13.7 Å². The van der Waals surface area contributed by atoms with Crippen LogP contribution in [0.5, 0.6) is 0 Å². The SMILES string of the molecule is COC(=O)c1cccc(-n2nnnc2CCN)c1. The number of hydrogen-bond donors (Lipinski definition) is 1. The van der Waals surface area contributed by atoms with Crippen LogP contribution in [0.3, 0.4) is 0 Å². The molecular formula is C11H13N5O2. The van der Waals surface area contributed by atoms with E-state index in [4.69, 9.17) is 5.73 Å². The van der Waals surface area contributed by atoms with Gasteiger partial charge in [0.25, 0.3) is 0 Å². The molecule has 7 nitrogen and oxygen atoms in total. The van der Waals surface area contributed by atoms with Crippen LogP contribution >= 0.6 is 0 Å². The molecule has 94 valence electrons. The zero-order valence-electron chi connectivity index (χ0n) is 9.91. The summed E-state index contributed by atoms with van der Waals surface area (Å²) < 4.78 is 6.22. The summed E-state index contributed by atoms with van der Waals surface area (Å²) in [5, 5.41) is 11.4. The van der Waals surface area contributed by atoms with Gasteiger partial charge in [-0.1, -0.05) is 6.07 Å². The van der Waals surface area contributed by atoms with Crippen LogP contribution in [0, 0.1) is 0 Å². The van der Waals surface area contributed by atoms with Crippen LogP contribution in [0.15, 0.2) is 24.3 Å². The molecule has 2 rings (SSSR count). The number of carbonyl (C=O) groups is 1. The van der Waals surface area contributed by atoms with Gasteiger partial charge in [0.15, 0.2) is 5.82 Å². The lowest BCUT2D eigenvalue weighted by molar-refractivity contribution is 0.0600. The second-order valence-corrected chi connectivity index (χ2v) is 3.59. The molecule has 2 N–H and O–H groups in total. The lowest BCUT2D eigenvalue weighted by atomic mass is 10.2. The van der Waals surface area contributed by atoms with Crippen LogP contribution in [0.1, 0.15) is 16.2 Å². The van der Waals surface area contributed by atoms with Gasteiger partial charge in [0, 0.05) is 6.42 Å². The molecule has 1 aromatic heterocycles. The Balaban J connectivity index is 2.38. The fourth-order valence-corrected chi connectivity index (χ4v) is 1.57. The first kappa shape index (κ1) is 12.2. The highest BCUT2D eigenvalue weighted by atomic mass is 16.5. The van der Waals surface area contributed by atoms with E-state index >= 15 is 0 Å². The number of nitrogens with zero attached hydrogens (tertiary/aromatic N) is 4. The van der Waals surface area contributed by atoms with Crippen molar-refractivity contribution in [3.8, 4) is 5.69 Å². The Hall–Kier alpha value is -2.28. The van der Waals surface area contributed by atoms with Crippen molar-refractivity contribution in [1.82, 2.24) is 20.2 Å². The van der Waals surface area contributed by atoms with Crippen molar-refractivity contribution in [2.45, 2.75) is 6.42 Å². The molecule has 0 spiro atoms. The normalized spacial score (nSPS) is 10.3. The maximum absolute atomic E-state index is 11.4. The minimum atomic E-state index is -0.398. The first-order chi connectivity index (χ1) is 8.76. The van der Waals surface area contributed by atoms with E-state index in [1.54, 1.807) is 22.9 Å². The molecule has 0 radical (unpaired) electrons. The predicted molar refractivity (Wildman–Crippen MR) is 63.3 cm³/mol. The summed E-state index contributed by atoms with van der Waals surface area (Å²) in [6, 6.07) is 6.89. The Labute approximate surface area is 104 Å². The Morgan fingerprint density at radius 3 is 3.06 bits per heavy atom. The van der Waals surface area contributed by atoms with Gasteiger partial charge in [0.05, 0.1) is 18.4 Å². The van der Waals surface area contributed by atoms with Gasteiger partial charge in [-0.2, -0.15) is 4.68 Å². The van der Waals surface area contributed by atoms with E-state index in [2.05, 4.69) is 20.3 Å². The molecule has 2 aromatic rings. The van der Waals surface area contributed by atoms with Crippen LogP contribution in [-0.4, -0.2) is 39.8 Å². The number of esters is 1. The smallest absolute Gasteiger partial charge is 0.337 e. The number of methoxy groups -OCH3 is 1. The number of ether oxygens (including phenoxy) is 1. The Morgan fingerprint density at radius 2 is 2.33 bits per heavy atom. The molecule has 0 aliphatic carbocycles. The monoisotopic (exact) mass is 247 g/mol. The first-order valence-electron chi connectivity index (χ1n) is 5.42. The van der Waals surface area contributed by atoms with E-state index in [9.17, 15) is 4.79 Å². The summed E-state index contributed by atoms with van der Waals surface area (Å²) in [4.78, 5) is 11.4. The lowest BCUT2D eigenvalue weighted by Gasteiger charge is -2.05. The van der Waals surface area contributed by atoms with E-state index in [1.165, 1.54) is 7.11 Å². The van der Waals surface area contributed by atoms with E-state index in [0.717, 1.165) is 0 Å². The second-order valence-electron chi connectivity index (χ2n) is 3.59. The number of tetrazole rings is 1. The molecule has 7 heteroatoms. The maximum atomic E-state index is 11.4. The molecule has 0 unspecified atom stereocenters. The predicted octanol–water partition coefficient (Wildman–Crippen LogP) is -0.0499. The number of nitrogens with two attached hydrogens (primary N) is 1. The molecule has 0 aliphatic heterocycles. The van der Waals surface area contributed by atoms with Crippen molar-refractivity contribution in [3.63, 3.8) is 0 Å². The van der Waals surface area contributed by atoms with Gasteiger partial charge in [-0.25, -0.2) is 4.79 Å². The Kier molecular flexibility index (Phi) is 3.63. The van der Waals surface area contributed by atoms with Gasteiger partial charge in [-0.15, -0.1) is 5.10 Å². The molecule has 0 bridgehead atoms. The topological polar surface area (TPSA) is 95.9 Å². The van der Waals surface area contributed by atoms with Crippen molar-refractivity contribution >= 4 is 5.97 Å². The molecule has 0 fully saturated rings. The molecule has 0 saturated carbocycles. The lowest BCUT2D eigenvalue weighted by Crippen LogP contribution is -2.10. The minimum Gasteiger partial charge on any atom is -0.465 e. The average Bonchev–Trinajstić information content (AvgIpc) is 2.87. The largest absolute Gasteiger partial charge is 0.465 e. The number of rotatable bonds is 4. The Morgan fingerprint density at radius 1 is 1.50 bits per heavy atom. The fourth-order valence-electron chi connectivity index (χ4n) is 1.57. The summed E-state index contributed by atoms with van der Waals surface area (Å²) in [5.41, 5.74) is 6.63. The number of hydrogen-bond acceptors (Lipinski definition) is 6. The van der Waals surface area contributed by atoms with Crippen LogP contribution in [0.25, 0.3) is 5.69 Å². The third kappa shape index (κ3) is 2.35. The van der Waals surface area contributed by atoms with Crippen molar-refractivity contribution < 1.29 is 9.53 Å². The van der Waals surface area contributed by atoms with Gasteiger partial charge in [-0.05, 0) is 35.2 Å². The summed E-state index contributed by atoms with van der Waals surface area (Å²) in [6.07, 6.45) is 0.565. The first-order valence-corrected chi connectivity index (χ1v) is 5.42. The standard InChI is InChI=1S/C11H13N5O2/c1-18-11(17)8-3-2-4-9(7-8)16-10(5-6-12)13-14-15-16/h2-4,7H,5-6,12H2,1H3. The van der Waals surface area contributed by atoms with E-state index in [0.29, 0.717) is 30.0 Å². The summed E-state index contributed by atoms with van der Waals surface area (Å²) >= 11 is 0. The quantitative estimate of drug-likeness (QED) is 0.761. The number of benzene rings is 1. The van der Waals surface area contributed by atoms with Crippen LogP contribution in [0.4, 0.5) is 0 Å². The van der Waals surface area contributed by atoms with E-state index in [-0.39, 0.29) is 0 Å². The zero-order chi connectivity index (χ0) is 13.0. The molecule has 0 aliphatic rings. The molecule has 1 aromatic carbocycles. The molecular weight excluding hydrogens is 234 g/mol. The highest BCUT2D eigenvalue weighted by molar-refractivity contribution is 5.89. The van der Waals surface area contributed by atoms with Crippen molar-refractivity contribution in [1.29, 1.82) is 0 Å².